The van der Waals surface area contributed by atoms with E-state index in [4.69, 9.17) is 0 Å². The maximum Gasteiger partial charge on any atom is 0.0207 e. The van der Waals surface area contributed by atoms with E-state index in [0.717, 1.165) is 0 Å². The second-order valence-electron chi connectivity index (χ2n) is 3.74. The lowest BCUT2D eigenvalue weighted by Crippen LogP contribution is -1.96. The number of allylic oxidation sites excluding steroid dienone is 4. The molecule has 0 heteroatoms. The standard InChI is InChI=1S/C14H16/c1-2-7-12-8-5-6-11-14(12)13-9-3-4-10-13/h3-6,8-11,13H,2,7H2,1H3. The van der Waals surface area contributed by atoms with Crippen LogP contribution in [-0.2, 0) is 6.42 Å². The van der Waals surface area contributed by atoms with Crippen LogP contribution in [0.2, 0.25) is 0 Å². The molecule has 0 amide bonds. The lowest BCUT2D eigenvalue weighted by atomic mass is 9.93. The van der Waals surface area contributed by atoms with Gasteiger partial charge < -0.3 is 0 Å². The van der Waals surface area contributed by atoms with E-state index in [9.17, 15) is 0 Å². The fraction of sp³-hybridized carbons (Fsp3) is 0.286. The lowest BCUT2D eigenvalue weighted by molar-refractivity contribution is 0.894. The van der Waals surface area contributed by atoms with Crippen LogP contribution < -0.4 is 0 Å². The Balaban J connectivity index is 2.31. The Hall–Kier alpha value is -1.30. The molecule has 0 saturated carbocycles. The summed E-state index contributed by atoms with van der Waals surface area (Å²) >= 11 is 0. The van der Waals surface area contributed by atoms with Gasteiger partial charge in [0.2, 0.25) is 0 Å². The summed E-state index contributed by atoms with van der Waals surface area (Å²) in [6.45, 7) is 2.23. The van der Waals surface area contributed by atoms with Crippen LogP contribution in [0.15, 0.2) is 48.6 Å². The number of rotatable bonds is 3. The van der Waals surface area contributed by atoms with Gasteiger partial charge in [-0.1, -0.05) is 61.9 Å². The van der Waals surface area contributed by atoms with Crippen molar-refractivity contribution in [2.75, 3.05) is 0 Å². The number of benzene rings is 1. The monoisotopic (exact) mass is 184 g/mol. The third kappa shape index (κ3) is 1.79. The minimum Gasteiger partial charge on any atom is -0.0732 e. The van der Waals surface area contributed by atoms with Crippen molar-refractivity contribution in [2.45, 2.75) is 25.7 Å². The van der Waals surface area contributed by atoms with E-state index < -0.39 is 0 Å². The van der Waals surface area contributed by atoms with Gasteiger partial charge >= 0.3 is 0 Å². The Morgan fingerprint density at radius 2 is 1.79 bits per heavy atom. The predicted molar refractivity (Wildman–Crippen MR) is 61.5 cm³/mol. The second kappa shape index (κ2) is 4.28. The number of hydrogen-bond acceptors (Lipinski definition) is 0. The van der Waals surface area contributed by atoms with Crippen molar-refractivity contribution in [3.05, 3.63) is 59.7 Å². The van der Waals surface area contributed by atoms with E-state index in [0.29, 0.717) is 5.92 Å². The maximum atomic E-state index is 2.26. The molecular weight excluding hydrogens is 168 g/mol. The smallest absolute Gasteiger partial charge is 0.0207 e. The zero-order valence-electron chi connectivity index (χ0n) is 8.61. The van der Waals surface area contributed by atoms with Crippen LogP contribution in [0.25, 0.3) is 0 Å². The highest BCUT2D eigenvalue weighted by atomic mass is 14.1. The molecule has 1 aliphatic carbocycles. The van der Waals surface area contributed by atoms with Crippen LogP contribution in [0.1, 0.15) is 30.4 Å². The SMILES string of the molecule is CCCc1ccccc1C1C=CC=C1. The molecule has 1 aromatic carbocycles. The topological polar surface area (TPSA) is 0 Å². The van der Waals surface area contributed by atoms with Crippen LogP contribution in [0, 0.1) is 0 Å². The molecule has 1 aromatic rings. The van der Waals surface area contributed by atoms with Gasteiger partial charge in [-0.15, -0.1) is 0 Å². The molecule has 0 fully saturated rings. The summed E-state index contributed by atoms with van der Waals surface area (Å²) in [5, 5.41) is 0. The molecule has 1 aliphatic rings. The highest BCUT2D eigenvalue weighted by Crippen LogP contribution is 2.26. The van der Waals surface area contributed by atoms with Gasteiger partial charge in [-0.3, -0.25) is 0 Å². The summed E-state index contributed by atoms with van der Waals surface area (Å²) in [5.41, 5.74) is 2.97. The van der Waals surface area contributed by atoms with Gasteiger partial charge in [0.05, 0.1) is 0 Å². The summed E-state index contributed by atoms with van der Waals surface area (Å²) in [5.74, 6) is 0.512. The molecular formula is C14H16. The van der Waals surface area contributed by atoms with Gasteiger partial charge in [0.1, 0.15) is 0 Å². The first-order valence-electron chi connectivity index (χ1n) is 5.34. The van der Waals surface area contributed by atoms with Crippen LogP contribution in [-0.4, -0.2) is 0 Å². The van der Waals surface area contributed by atoms with Crippen molar-refractivity contribution in [3.8, 4) is 0 Å². The van der Waals surface area contributed by atoms with Crippen molar-refractivity contribution in [2.24, 2.45) is 0 Å². The molecule has 0 heterocycles. The number of aryl methyl sites for hydroxylation is 1. The zero-order valence-corrected chi connectivity index (χ0v) is 8.61. The van der Waals surface area contributed by atoms with Crippen molar-refractivity contribution in [1.29, 1.82) is 0 Å². The van der Waals surface area contributed by atoms with E-state index in [1.807, 2.05) is 0 Å². The van der Waals surface area contributed by atoms with Gasteiger partial charge in [0, 0.05) is 5.92 Å². The summed E-state index contributed by atoms with van der Waals surface area (Å²) in [6.07, 6.45) is 11.2. The first-order valence-corrected chi connectivity index (χ1v) is 5.34. The highest BCUT2D eigenvalue weighted by molar-refractivity contribution is 5.40. The average Bonchev–Trinajstić information content (AvgIpc) is 2.72. The molecule has 0 aliphatic heterocycles. The van der Waals surface area contributed by atoms with Crippen molar-refractivity contribution in [1.82, 2.24) is 0 Å². The normalized spacial score (nSPS) is 15.2. The Labute approximate surface area is 86.0 Å². The molecule has 0 radical (unpaired) electrons. The van der Waals surface area contributed by atoms with Gasteiger partial charge in [-0.25, -0.2) is 0 Å². The van der Waals surface area contributed by atoms with E-state index in [2.05, 4.69) is 55.5 Å². The molecule has 0 aromatic heterocycles. The fourth-order valence-corrected chi connectivity index (χ4v) is 2.00. The Kier molecular flexibility index (Phi) is 2.83. The fourth-order valence-electron chi connectivity index (χ4n) is 2.00. The van der Waals surface area contributed by atoms with E-state index in [-0.39, 0.29) is 0 Å². The van der Waals surface area contributed by atoms with Gasteiger partial charge in [-0.05, 0) is 17.5 Å². The first kappa shape index (κ1) is 9.26. The van der Waals surface area contributed by atoms with Crippen LogP contribution >= 0.6 is 0 Å². The van der Waals surface area contributed by atoms with Gasteiger partial charge in [0.15, 0.2) is 0 Å². The Bertz CT molecular complexity index is 346. The third-order valence-corrected chi connectivity index (χ3v) is 2.68. The molecule has 2 rings (SSSR count). The van der Waals surface area contributed by atoms with Crippen LogP contribution in [0.5, 0.6) is 0 Å². The molecule has 0 unspecified atom stereocenters. The summed E-state index contributed by atoms with van der Waals surface area (Å²) in [4.78, 5) is 0. The zero-order chi connectivity index (χ0) is 9.80. The molecule has 72 valence electrons. The molecule has 0 nitrogen and oxygen atoms in total. The summed E-state index contributed by atoms with van der Waals surface area (Å²) in [6, 6.07) is 8.76. The Morgan fingerprint density at radius 3 is 2.50 bits per heavy atom. The summed E-state index contributed by atoms with van der Waals surface area (Å²) in [7, 11) is 0. The van der Waals surface area contributed by atoms with Crippen molar-refractivity contribution >= 4 is 0 Å². The van der Waals surface area contributed by atoms with Crippen LogP contribution in [0.4, 0.5) is 0 Å². The quantitative estimate of drug-likeness (QED) is 0.669. The van der Waals surface area contributed by atoms with Gasteiger partial charge in [-0.2, -0.15) is 0 Å². The van der Waals surface area contributed by atoms with E-state index in [1.165, 1.54) is 24.0 Å². The summed E-state index contributed by atoms with van der Waals surface area (Å²) < 4.78 is 0. The largest absolute Gasteiger partial charge is 0.0732 e. The minimum atomic E-state index is 0.512. The highest BCUT2D eigenvalue weighted by Gasteiger charge is 2.10. The van der Waals surface area contributed by atoms with Crippen molar-refractivity contribution < 1.29 is 0 Å². The average molecular weight is 184 g/mol. The molecule has 0 spiro atoms. The maximum absolute atomic E-state index is 2.26. The predicted octanol–water partition coefficient (Wildman–Crippen LogP) is 3.85. The first-order chi connectivity index (χ1) is 6.92. The lowest BCUT2D eigenvalue weighted by Gasteiger charge is -2.11. The van der Waals surface area contributed by atoms with E-state index >= 15 is 0 Å². The van der Waals surface area contributed by atoms with Crippen LogP contribution in [0.3, 0.4) is 0 Å². The molecule has 14 heavy (non-hydrogen) atoms. The second-order valence-corrected chi connectivity index (χ2v) is 3.74. The molecule has 0 saturated heterocycles. The van der Waals surface area contributed by atoms with Gasteiger partial charge in [0.25, 0.3) is 0 Å². The molecule has 0 atom stereocenters. The number of hydrogen-bond donors (Lipinski definition) is 0. The Morgan fingerprint density at radius 1 is 1.07 bits per heavy atom. The molecule has 0 N–H and O–H groups in total. The van der Waals surface area contributed by atoms with Crippen molar-refractivity contribution in [3.63, 3.8) is 0 Å². The third-order valence-electron chi connectivity index (χ3n) is 2.68. The van der Waals surface area contributed by atoms with E-state index in [1.54, 1.807) is 0 Å². The molecule has 0 bridgehead atoms. The minimum absolute atomic E-state index is 0.512.